The molecule has 0 aromatic heterocycles. The fourth-order valence-electron chi connectivity index (χ4n) is 1.47. The van der Waals surface area contributed by atoms with Gasteiger partial charge in [-0.15, -0.1) is 0 Å². The van der Waals surface area contributed by atoms with Crippen molar-refractivity contribution >= 4 is 0 Å². The van der Waals surface area contributed by atoms with Crippen LogP contribution in [0.15, 0.2) is 12.5 Å². The molecule has 1 heterocycles. The molecule has 102 valence electrons. The predicted octanol–water partition coefficient (Wildman–Crippen LogP) is 2.94. The first-order valence-electron chi connectivity index (χ1n) is 6.61. The minimum Gasteiger partial charge on any atom is -0.474 e. The average molecular weight is 242 g/mol. The van der Waals surface area contributed by atoms with E-state index < -0.39 is 0 Å². The summed E-state index contributed by atoms with van der Waals surface area (Å²) in [4.78, 5) is 4.53. The fraction of sp³-hybridized carbons (Fsp3) is 0.857. The second kappa shape index (κ2) is 7.59. The molecule has 1 aliphatic heterocycles. The summed E-state index contributed by atoms with van der Waals surface area (Å²) >= 11 is 0. The van der Waals surface area contributed by atoms with Crippen molar-refractivity contribution in [1.29, 1.82) is 0 Å². The maximum absolute atomic E-state index is 5.73. The molecule has 0 aliphatic carbocycles. The van der Waals surface area contributed by atoms with Crippen molar-refractivity contribution < 1.29 is 4.74 Å². The molecule has 3 heteroatoms. The van der Waals surface area contributed by atoms with E-state index in [-0.39, 0.29) is 5.60 Å². The van der Waals surface area contributed by atoms with Crippen molar-refractivity contribution in [3.8, 4) is 0 Å². The summed E-state index contributed by atoms with van der Waals surface area (Å²) in [5.41, 5.74) is -0.138. The molecule has 17 heavy (non-hydrogen) atoms. The van der Waals surface area contributed by atoms with Crippen LogP contribution in [0.2, 0.25) is 0 Å². The number of likely N-dealkylation sites (N-methyl/N-ethyl adjacent to an activating group) is 1. The predicted molar refractivity (Wildman–Crippen MR) is 75.0 cm³/mol. The molecule has 0 aromatic carbocycles. The zero-order valence-electron chi connectivity index (χ0n) is 12.5. The lowest BCUT2D eigenvalue weighted by Crippen LogP contribution is -2.44. The highest BCUT2D eigenvalue weighted by atomic mass is 16.5. The maximum Gasteiger partial charge on any atom is 0.182 e. The lowest BCUT2D eigenvalue weighted by Gasteiger charge is -2.36. The molecule has 0 amide bonds. The van der Waals surface area contributed by atoms with E-state index >= 15 is 0 Å². The van der Waals surface area contributed by atoms with E-state index in [1.54, 1.807) is 0 Å². The molecule has 0 radical (unpaired) electrons. The van der Waals surface area contributed by atoms with Gasteiger partial charge in [0.2, 0.25) is 0 Å². The number of hydrogen-bond donors (Lipinski definition) is 0. The molecule has 0 atom stereocenters. The normalized spacial score (nSPS) is 17.2. The lowest BCUT2D eigenvalue weighted by atomic mass is 10.2. The minimum absolute atomic E-state index is 0.138. The van der Waals surface area contributed by atoms with Gasteiger partial charge in [-0.2, -0.15) is 0 Å². The Morgan fingerprint density at radius 2 is 1.53 bits per heavy atom. The van der Waals surface area contributed by atoms with Crippen molar-refractivity contribution in [2.75, 3.05) is 33.2 Å². The third kappa shape index (κ3) is 8.08. The van der Waals surface area contributed by atoms with Gasteiger partial charge in [0.05, 0.1) is 0 Å². The number of ether oxygens (including phenoxy) is 1. The van der Waals surface area contributed by atoms with Crippen LogP contribution in [0.1, 0.15) is 41.0 Å². The van der Waals surface area contributed by atoms with Gasteiger partial charge in [-0.1, -0.05) is 20.3 Å². The van der Waals surface area contributed by atoms with Crippen LogP contribution >= 0.6 is 0 Å². The van der Waals surface area contributed by atoms with E-state index in [1.165, 1.54) is 6.42 Å². The number of rotatable bonds is 2. The van der Waals surface area contributed by atoms with Crippen LogP contribution in [0.5, 0.6) is 0 Å². The Bertz CT molecular complexity index is 213. The van der Waals surface area contributed by atoms with Gasteiger partial charge in [-0.05, 0) is 34.4 Å². The maximum atomic E-state index is 5.73. The topological polar surface area (TPSA) is 15.7 Å². The van der Waals surface area contributed by atoms with Gasteiger partial charge in [0, 0.05) is 26.2 Å². The third-order valence-corrected chi connectivity index (χ3v) is 2.28. The summed E-state index contributed by atoms with van der Waals surface area (Å²) in [6.45, 7) is 18.6. The number of piperazine rings is 1. The SMILES string of the molecule is C=C(OC(C)(C)C)N1CCN(C)CC1.CCC. The fourth-order valence-corrected chi connectivity index (χ4v) is 1.47. The zero-order valence-corrected chi connectivity index (χ0v) is 12.5. The summed E-state index contributed by atoms with van der Waals surface area (Å²) in [7, 11) is 2.14. The van der Waals surface area contributed by atoms with Crippen LogP contribution in [0, 0.1) is 0 Å². The van der Waals surface area contributed by atoms with Crippen molar-refractivity contribution in [1.82, 2.24) is 9.80 Å². The van der Waals surface area contributed by atoms with Crippen LogP contribution in [-0.4, -0.2) is 48.6 Å². The van der Waals surface area contributed by atoms with Gasteiger partial charge in [0.25, 0.3) is 0 Å². The van der Waals surface area contributed by atoms with E-state index in [4.69, 9.17) is 4.74 Å². The second-order valence-corrected chi connectivity index (χ2v) is 5.61. The van der Waals surface area contributed by atoms with Crippen LogP contribution < -0.4 is 0 Å². The summed E-state index contributed by atoms with van der Waals surface area (Å²) in [5, 5.41) is 0. The summed E-state index contributed by atoms with van der Waals surface area (Å²) in [6, 6.07) is 0. The van der Waals surface area contributed by atoms with Crippen LogP contribution in [0.25, 0.3) is 0 Å². The van der Waals surface area contributed by atoms with Gasteiger partial charge < -0.3 is 14.5 Å². The quantitative estimate of drug-likeness (QED) is 0.692. The number of nitrogens with zero attached hydrogens (tertiary/aromatic N) is 2. The molecule has 0 bridgehead atoms. The Labute approximate surface area is 107 Å². The molecule has 0 spiro atoms. The van der Waals surface area contributed by atoms with E-state index in [2.05, 4.69) is 37.3 Å². The molecular formula is C14H30N2O. The van der Waals surface area contributed by atoms with Crippen LogP contribution in [0.4, 0.5) is 0 Å². The van der Waals surface area contributed by atoms with E-state index in [0.29, 0.717) is 0 Å². The van der Waals surface area contributed by atoms with Crippen molar-refractivity contribution in [2.45, 2.75) is 46.6 Å². The summed E-state index contributed by atoms with van der Waals surface area (Å²) in [5.74, 6) is 0.811. The molecule has 0 saturated carbocycles. The first-order chi connectivity index (χ1) is 7.80. The van der Waals surface area contributed by atoms with Crippen molar-refractivity contribution in [3.05, 3.63) is 12.5 Å². The Kier molecular flexibility index (Phi) is 7.28. The summed E-state index contributed by atoms with van der Waals surface area (Å²) in [6.07, 6.45) is 1.25. The molecule has 1 saturated heterocycles. The van der Waals surface area contributed by atoms with Gasteiger partial charge >= 0.3 is 0 Å². The average Bonchev–Trinajstić information content (AvgIpc) is 2.17. The van der Waals surface area contributed by atoms with Crippen LogP contribution in [0.3, 0.4) is 0 Å². The van der Waals surface area contributed by atoms with Gasteiger partial charge in [0.15, 0.2) is 5.88 Å². The highest BCUT2D eigenvalue weighted by molar-refractivity contribution is 4.89. The monoisotopic (exact) mass is 242 g/mol. The molecular weight excluding hydrogens is 212 g/mol. The van der Waals surface area contributed by atoms with E-state index in [9.17, 15) is 0 Å². The van der Waals surface area contributed by atoms with Crippen molar-refractivity contribution in [3.63, 3.8) is 0 Å². The molecule has 0 unspecified atom stereocenters. The molecule has 1 fully saturated rings. The lowest BCUT2D eigenvalue weighted by molar-refractivity contribution is -0.00757. The van der Waals surface area contributed by atoms with Gasteiger partial charge in [-0.3, -0.25) is 0 Å². The van der Waals surface area contributed by atoms with Crippen LogP contribution in [-0.2, 0) is 4.74 Å². The smallest absolute Gasteiger partial charge is 0.182 e. The Hall–Kier alpha value is -0.700. The van der Waals surface area contributed by atoms with Gasteiger partial charge in [0.1, 0.15) is 5.60 Å². The molecule has 1 rings (SSSR count). The molecule has 0 aromatic rings. The standard InChI is InChI=1S/C11H22N2O.C3H8/c1-10(14-11(2,3)4)13-8-6-12(5)7-9-13;1-3-2/h1,6-9H2,2-5H3;3H2,1-2H3. The molecule has 0 N–H and O–H groups in total. The highest BCUT2D eigenvalue weighted by Gasteiger charge is 2.20. The Morgan fingerprint density at radius 3 is 1.88 bits per heavy atom. The Morgan fingerprint density at radius 1 is 1.12 bits per heavy atom. The zero-order chi connectivity index (χ0) is 13.5. The number of hydrogen-bond acceptors (Lipinski definition) is 3. The molecule has 3 nitrogen and oxygen atoms in total. The van der Waals surface area contributed by atoms with Gasteiger partial charge in [-0.25, -0.2) is 0 Å². The van der Waals surface area contributed by atoms with Crippen molar-refractivity contribution in [2.24, 2.45) is 0 Å². The van der Waals surface area contributed by atoms with E-state index in [1.807, 2.05) is 20.8 Å². The first-order valence-corrected chi connectivity index (χ1v) is 6.61. The highest BCUT2D eigenvalue weighted by Crippen LogP contribution is 2.16. The van der Waals surface area contributed by atoms with E-state index in [0.717, 1.165) is 32.1 Å². The minimum atomic E-state index is -0.138. The second-order valence-electron chi connectivity index (χ2n) is 5.61. The largest absolute Gasteiger partial charge is 0.474 e. The first kappa shape index (κ1) is 16.3. The third-order valence-electron chi connectivity index (χ3n) is 2.28. The Balaban J connectivity index is 0.000000770. The summed E-state index contributed by atoms with van der Waals surface area (Å²) < 4.78 is 5.73. The molecule has 1 aliphatic rings.